The molecule has 7 heteroatoms. The van der Waals surface area contributed by atoms with Crippen LogP contribution in [0.2, 0.25) is 0 Å². The Labute approximate surface area is 178 Å². The van der Waals surface area contributed by atoms with Crippen LogP contribution in [0.15, 0.2) is 24.3 Å². The predicted octanol–water partition coefficient (Wildman–Crippen LogP) is 2.29. The first-order valence-electron chi connectivity index (χ1n) is 10.8. The molecule has 1 aromatic carbocycles. The van der Waals surface area contributed by atoms with Gasteiger partial charge < -0.3 is 20.2 Å². The second-order valence-electron chi connectivity index (χ2n) is 8.48. The summed E-state index contributed by atoms with van der Waals surface area (Å²) in [4.78, 5) is 26.1. The van der Waals surface area contributed by atoms with Crippen molar-refractivity contribution in [3.63, 3.8) is 0 Å². The van der Waals surface area contributed by atoms with Crippen LogP contribution in [-0.2, 0) is 30.9 Å². The van der Waals surface area contributed by atoms with Crippen molar-refractivity contribution in [3.05, 3.63) is 52.5 Å². The highest BCUT2D eigenvalue weighted by Crippen LogP contribution is 2.30. The number of piperidine rings is 1. The number of hydrogen-bond donors (Lipinski definition) is 2. The number of likely N-dealkylation sites (tertiary alicyclic amines) is 1. The molecule has 0 spiro atoms. The smallest absolute Gasteiger partial charge is 0.219 e. The first-order valence-corrected chi connectivity index (χ1v) is 10.8. The van der Waals surface area contributed by atoms with Crippen LogP contribution in [-0.4, -0.2) is 57.5 Å². The fourth-order valence-electron chi connectivity index (χ4n) is 4.36. The number of hydrogen-bond acceptors (Lipinski definition) is 6. The largest absolute Gasteiger partial charge is 0.392 e. The molecule has 2 aliphatic rings. The van der Waals surface area contributed by atoms with E-state index in [4.69, 9.17) is 9.97 Å². The van der Waals surface area contributed by atoms with Crippen LogP contribution in [0.5, 0.6) is 0 Å². The molecule has 1 fully saturated rings. The summed E-state index contributed by atoms with van der Waals surface area (Å²) < 4.78 is 0. The molecule has 1 saturated heterocycles. The number of likely N-dealkylation sites (N-methyl/N-ethyl adjacent to an activating group) is 1. The van der Waals surface area contributed by atoms with Gasteiger partial charge in [-0.15, -0.1) is 0 Å². The van der Waals surface area contributed by atoms with Crippen molar-refractivity contribution in [1.82, 2.24) is 19.8 Å². The van der Waals surface area contributed by atoms with Gasteiger partial charge in [0.25, 0.3) is 0 Å². The molecule has 0 saturated carbocycles. The van der Waals surface area contributed by atoms with Crippen molar-refractivity contribution in [2.45, 2.75) is 51.8 Å². The van der Waals surface area contributed by atoms with Gasteiger partial charge in [-0.1, -0.05) is 24.3 Å². The number of nitrogens with zero attached hydrogens (tertiary/aromatic N) is 4. The molecule has 1 amide bonds. The summed E-state index contributed by atoms with van der Waals surface area (Å²) in [6.07, 6.45) is 3.05. The van der Waals surface area contributed by atoms with Crippen molar-refractivity contribution in [2.24, 2.45) is 0 Å². The lowest BCUT2D eigenvalue weighted by Crippen LogP contribution is -2.36. The minimum atomic E-state index is 0.0488. The van der Waals surface area contributed by atoms with Gasteiger partial charge in [-0.25, -0.2) is 9.97 Å². The molecule has 2 aliphatic heterocycles. The fraction of sp³-hybridized carbons (Fsp3) is 0.522. The summed E-state index contributed by atoms with van der Waals surface area (Å²) in [6.45, 7) is 5.69. The molecule has 0 bridgehead atoms. The van der Waals surface area contributed by atoms with Gasteiger partial charge in [-0.05, 0) is 37.6 Å². The van der Waals surface area contributed by atoms with E-state index >= 15 is 0 Å². The van der Waals surface area contributed by atoms with E-state index in [2.05, 4.69) is 17.3 Å². The summed E-state index contributed by atoms with van der Waals surface area (Å²) in [5, 5.41) is 12.8. The average molecular weight is 410 g/mol. The lowest BCUT2D eigenvalue weighted by Gasteiger charge is -2.32. The molecule has 0 unspecified atom stereocenters. The number of aliphatic hydroxyl groups excluding tert-OH is 1. The number of carbonyl (C=O) groups excluding carboxylic acids is 1. The first kappa shape index (κ1) is 20.8. The van der Waals surface area contributed by atoms with E-state index < -0.39 is 0 Å². The van der Waals surface area contributed by atoms with Crippen molar-refractivity contribution in [1.29, 1.82) is 0 Å². The molecule has 2 N–H and O–H groups in total. The normalized spacial score (nSPS) is 19.4. The van der Waals surface area contributed by atoms with Crippen molar-refractivity contribution < 1.29 is 9.90 Å². The zero-order valence-corrected chi connectivity index (χ0v) is 17.9. The molecule has 4 rings (SSSR count). The van der Waals surface area contributed by atoms with Crippen LogP contribution in [0.4, 0.5) is 5.82 Å². The number of amides is 1. The van der Waals surface area contributed by atoms with E-state index in [1.54, 1.807) is 6.92 Å². The second-order valence-corrected chi connectivity index (χ2v) is 8.48. The maximum atomic E-state index is 11.9. The number of aliphatic hydroxyl groups is 1. The molecule has 160 valence electrons. The van der Waals surface area contributed by atoms with E-state index in [1.807, 2.05) is 29.2 Å². The standard InChI is InChI=1S/C23H31N5O2/c1-16(30)28-11-9-21-20(14-28)23(24-12-17-5-7-18(15-29)8-6-17)26-22(25-21)19-4-3-10-27(2)13-19/h5-8,19,29H,3-4,9-15H2,1-2H3,(H,24,25,26)/t19-/m1/s1. The van der Waals surface area contributed by atoms with Crippen LogP contribution in [0.25, 0.3) is 0 Å². The van der Waals surface area contributed by atoms with Crippen LogP contribution in [0, 0.1) is 0 Å². The molecule has 1 atom stereocenters. The molecular weight excluding hydrogens is 378 g/mol. The summed E-state index contributed by atoms with van der Waals surface area (Å²) in [5.41, 5.74) is 4.14. The van der Waals surface area contributed by atoms with E-state index in [0.717, 1.165) is 60.0 Å². The number of aromatic nitrogens is 2. The third kappa shape index (κ3) is 4.63. The van der Waals surface area contributed by atoms with E-state index in [-0.39, 0.29) is 12.5 Å². The molecule has 7 nitrogen and oxygen atoms in total. The number of anilines is 1. The third-order valence-electron chi connectivity index (χ3n) is 6.18. The van der Waals surface area contributed by atoms with Gasteiger partial charge in [0.15, 0.2) is 0 Å². The van der Waals surface area contributed by atoms with Crippen LogP contribution < -0.4 is 5.32 Å². The Morgan fingerprint density at radius 3 is 2.67 bits per heavy atom. The Morgan fingerprint density at radius 1 is 1.20 bits per heavy atom. The van der Waals surface area contributed by atoms with Crippen molar-refractivity contribution in [3.8, 4) is 0 Å². The molecule has 1 aromatic heterocycles. The molecule has 2 aromatic rings. The Balaban J connectivity index is 1.61. The molecule has 30 heavy (non-hydrogen) atoms. The zero-order chi connectivity index (χ0) is 21.1. The summed E-state index contributed by atoms with van der Waals surface area (Å²) >= 11 is 0. The number of fused-ring (bicyclic) bond motifs is 1. The Hall–Kier alpha value is -2.51. The van der Waals surface area contributed by atoms with Crippen LogP contribution in [0.1, 0.15) is 53.9 Å². The van der Waals surface area contributed by atoms with Gasteiger partial charge in [0.2, 0.25) is 5.91 Å². The van der Waals surface area contributed by atoms with Gasteiger partial charge in [0, 0.05) is 44.5 Å². The number of nitrogens with one attached hydrogen (secondary N) is 1. The first-order chi connectivity index (χ1) is 14.5. The maximum Gasteiger partial charge on any atom is 0.219 e. The Bertz CT molecular complexity index is 899. The second kappa shape index (κ2) is 9.10. The summed E-state index contributed by atoms with van der Waals surface area (Å²) in [5.74, 6) is 2.21. The van der Waals surface area contributed by atoms with Crippen LogP contribution >= 0.6 is 0 Å². The van der Waals surface area contributed by atoms with Gasteiger partial charge >= 0.3 is 0 Å². The highest BCUT2D eigenvalue weighted by Gasteiger charge is 2.27. The maximum absolute atomic E-state index is 11.9. The monoisotopic (exact) mass is 409 g/mol. The molecule has 3 heterocycles. The third-order valence-corrected chi connectivity index (χ3v) is 6.18. The quantitative estimate of drug-likeness (QED) is 0.789. The Morgan fingerprint density at radius 2 is 1.97 bits per heavy atom. The molecular formula is C23H31N5O2. The van der Waals surface area contributed by atoms with Crippen LogP contribution in [0.3, 0.4) is 0 Å². The lowest BCUT2D eigenvalue weighted by atomic mass is 9.96. The number of carbonyl (C=O) groups is 1. The van der Waals surface area contributed by atoms with Gasteiger partial charge in [-0.2, -0.15) is 0 Å². The van der Waals surface area contributed by atoms with E-state index in [0.29, 0.717) is 25.6 Å². The number of rotatable bonds is 5. The minimum Gasteiger partial charge on any atom is -0.392 e. The van der Waals surface area contributed by atoms with E-state index in [1.165, 1.54) is 6.42 Å². The zero-order valence-electron chi connectivity index (χ0n) is 17.9. The highest BCUT2D eigenvalue weighted by atomic mass is 16.3. The summed E-state index contributed by atoms with van der Waals surface area (Å²) in [6, 6.07) is 7.91. The number of benzene rings is 1. The van der Waals surface area contributed by atoms with Crippen molar-refractivity contribution in [2.75, 3.05) is 32.0 Å². The van der Waals surface area contributed by atoms with Gasteiger partial charge in [-0.3, -0.25) is 4.79 Å². The van der Waals surface area contributed by atoms with E-state index in [9.17, 15) is 9.90 Å². The van der Waals surface area contributed by atoms with Crippen molar-refractivity contribution >= 4 is 11.7 Å². The van der Waals surface area contributed by atoms with Gasteiger partial charge in [0.1, 0.15) is 11.6 Å². The van der Waals surface area contributed by atoms with Gasteiger partial charge in [0.05, 0.1) is 18.8 Å². The highest BCUT2D eigenvalue weighted by molar-refractivity contribution is 5.74. The SMILES string of the molecule is CC(=O)N1CCc2nc([C@@H]3CCCN(C)C3)nc(NCc3ccc(CO)cc3)c2C1. The topological polar surface area (TPSA) is 81.6 Å². The fourth-order valence-corrected chi connectivity index (χ4v) is 4.36. The average Bonchev–Trinajstić information content (AvgIpc) is 2.77. The summed E-state index contributed by atoms with van der Waals surface area (Å²) in [7, 11) is 2.16. The molecule has 0 aliphatic carbocycles. The predicted molar refractivity (Wildman–Crippen MR) is 116 cm³/mol. The minimum absolute atomic E-state index is 0.0488. The molecule has 0 radical (unpaired) electrons. The Kier molecular flexibility index (Phi) is 6.29. The lowest BCUT2D eigenvalue weighted by molar-refractivity contribution is -0.129.